The Morgan fingerprint density at radius 1 is 1.40 bits per heavy atom. The van der Waals surface area contributed by atoms with Crippen LogP contribution < -0.4 is 5.32 Å². The second-order valence-electron chi connectivity index (χ2n) is 2.03. The van der Waals surface area contributed by atoms with Crippen LogP contribution in [0.25, 0.3) is 0 Å². The molecule has 0 saturated heterocycles. The van der Waals surface area contributed by atoms with Gasteiger partial charge in [0.1, 0.15) is 0 Å². The third-order valence-corrected chi connectivity index (χ3v) is 1.48. The van der Waals surface area contributed by atoms with E-state index >= 15 is 0 Å². The van der Waals surface area contributed by atoms with Crippen LogP contribution in [0.15, 0.2) is 36.5 Å². The molecule has 10 heavy (non-hydrogen) atoms. The average molecular weight is 135 g/mol. The number of amides is 1. The maximum absolute atomic E-state index is 10.9. The van der Waals surface area contributed by atoms with Crippen molar-refractivity contribution in [1.29, 1.82) is 0 Å². The molecule has 0 aromatic heterocycles. The monoisotopic (exact) mass is 135 g/mol. The lowest BCUT2D eigenvalue weighted by molar-refractivity contribution is -0.116. The highest BCUT2D eigenvalue weighted by molar-refractivity contribution is 6.00. The lowest BCUT2D eigenvalue weighted by Crippen LogP contribution is -2.16. The molecule has 2 heteroatoms. The molecule has 0 spiro atoms. The third-order valence-electron chi connectivity index (χ3n) is 1.48. The van der Waals surface area contributed by atoms with Gasteiger partial charge in [-0.05, 0) is 5.57 Å². The Bertz CT molecular complexity index is 225. The standard InChI is InChI=1S/C8H9NO/c1-3-6-5-9-8(10)7(6)4-2/h3-4H,1-2,5H2,(H,9,10). The largest absolute Gasteiger partial charge is 0.348 e. The van der Waals surface area contributed by atoms with Gasteiger partial charge in [-0.2, -0.15) is 0 Å². The summed E-state index contributed by atoms with van der Waals surface area (Å²) in [6.07, 6.45) is 3.23. The SMILES string of the molecule is C=CC1=C(C=C)C(=O)NC1. The number of nitrogens with one attached hydrogen (secondary N) is 1. The maximum atomic E-state index is 10.9. The van der Waals surface area contributed by atoms with E-state index in [4.69, 9.17) is 0 Å². The van der Waals surface area contributed by atoms with E-state index in [1.165, 1.54) is 0 Å². The van der Waals surface area contributed by atoms with Gasteiger partial charge in [0.2, 0.25) is 0 Å². The topological polar surface area (TPSA) is 29.1 Å². The highest BCUT2D eigenvalue weighted by atomic mass is 16.1. The molecule has 0 saturated carbocycles. The summed E-state index contributed by atoms with van der Waals surface area (Å²) in [7, 11) is 0. The van der Waals surface area contributed by atoms with E-state index in [2.05, 4.69) is 18.5 Å². The first-order valence-corrected chi connectivity index (χ1v) is 3.06. The molecule has 1 rings (SSSR count). The lowest BCUT2D eigenvalue weighted by Gasteiger charge is -1.88. The molecule has 0 aromatic carbocycles. The highest BCUT2D eigenvalue weighted by Gasteiger charge is 2.16. The Kier molecular flexibility index (Phi) is 1.71. The van der Waals surface area contributed by atoms with Crippen LogP contribution in [0.3, 0.4) is 0 Å². The van der Waals surface area contributed by atoms with Crippen molar-refractivity contribution in [2.45, 2.75) is 0 Å². The van der Waals surface area contributed by atoms with Gasteiger partial charge in [-0.15, -0.1) is 0 Å². The van der Waals surface area contributed by atoms with Crippen LogP contribution in [-0.4, -0.2) is 12.5 Å². The van der Waals surface area contributed by atoms with Gasteiger partial charge in [0.15, 0.2) is 0 Å². The number of hydrogen-bond acceptors (Lipinski definition) is 1. The predicted octanol–water partition coefficient (Wildman–Crippen LogP) is 0.785. The van der Waals surface area contributed by atoms with E-state index in [9.17, 15) is 4.79 Å². The normalized spacial score (nSPS) is 17.0. The number of carbonyl (C=O) groups excluding carboxylic acids is 1. The van der Waals surface area contributed by atoms with Crippen molar-refractivity contribution < 1.29 is 4.79 Å². The summed E-state index contributed by atoms with van der Waals surface area (Å²) in [6, 6.07) is 0. The quantitative estimate of drug-likeness (QED) is 0.595. The zero-order valence-electron chi connectivity index (χ0n) is 5.68. The molecule has 1 aliphatic heterocycles. The molecule has 1 aliphatic rings. The molecule has 2 nitrogen and oxygen atoms in total. The molecule has 1 N–H and O–H groups in total. The van der Waals surface area contributed by atoms with Crippen molar-refractivity contribution in [3.05, 3.63) is 36.5 Å². The van der Waals surface area contributed by atoms with Crippen molar-refractivity contribution >= 4 is 5.91 Å². The van der Waals surface area contributed by atoms with E-state index in [0.717, 1.165) is 5.57 Å². The molecule has 0 aromatic rings. The van der Waals surface area contributed by atoms with E-state index < -0.39 is 0 Å². The first kappa shape index (κ1) is 6.81. The fraction of sp³-hybridized carbons (Fsp3) is 0.125. The Labute approximate surface area is 59.9 Å². The summed E-state index contributed by atoms with van der Waals surface area (Å²) in [4.78, 5) is 10.9. The smallest absolute Gasteiger partial charge is 0.251 e. The van der Waals surface area contributed by atoms with Crippen LogP contribution >= 0.6 is 0 Å². The predicted molar refractivity (Wildman–Crippen MR) is 40.4 cm³/mol. The van der Waals surface area contributed by atoms with Gasteiger partial charge in [0, 0.05) is 12.1 Å². The van der Waals surface area contributed by atoms with Crippen molar-refractivity contribution in [1.82, 2.24) is 5.32 Å². The Balaban J connectivity index is 3.02. The minimum atomic E-state index is -0.0510. The van der Waals surface area contributed by atoms with Crippen molar-refractivity contribution in [2.24, 2.45) is 0 Å². The number of hydrogen-bond donors (Lipinski definition) is 1. The molecule has 1 heterocycles. The molecule has 52 valence electrons. The molecule has 1 amide bonds. The van der Waals surface area contributed by atoms with Crippen LogP contribution in [0.5, 0.6) is 0 Å². The minimum absolute atomic E-state index is 0.0510. The fourth-order valence-corrected chi connectivity index (χ4v) is 0.918. The van der Waals surface area contributed by atoms with E-state index in [1.54, 1.807) is 12.2 Å². The van der Waals surface area contributed by atoms with Crippen LogP contribution in [0, 0.1) is 0 Å². The first-order chi connectivity index (χ1) is 4.79. The molecule has 0 atom stereocenters. The molecular weight excluding hydrogens is 126 g/mol. The molecule has 0 fully saturated rings. The number of carbonyl (C=O) groups is 1. The Morgan fingerprint density at radius 2 is 2.10 bits per heavy atom. The van der Waals surface area contributed by atoms with Crippen molar-refractivity contribution in [3.63, 3.8) is 0 Å². The van der Waals surface area contributed by atoms with Gasteiger partial charge in [-0.1, -0.05) is 25.3 Å². The van der Waals surface area contributed by atoms with Gasteiger partial charge in [0.25, 0.3) is 5.91 Å². The summed E-state index contributed by atoms with van der Waals surface area (Å²) in [5.74, 6) is -0.0510. The zero-order chi connectivity index (χ0) is 7.56. The zero-order valence-corrected chi connectivity index (χ0v) is 5.68. The van der Waals surface area contributed by atoms with Gasteiger partial charge in [-0.25, -0.2) is 0 Å². The summed E-state index contributed by atoms with van der Waals surface area (Å²) >= 11 is 0. The van der Waals surface area contributed by atoms with Gasteiger partial charge in [-0.3, -0.25) is 4.79 Å². The fourth-order valence-electron chi connectivity index (χ4n) is 0.918. The van der Waals surface area contributed by atoms with Gasteiger partial charge in [0.05, 0.1) is 0 Å². The van der Waals surface area contributed by atoms with E-state index in [1.807, 2.05) is 0 Å². The minimum Gasteiger partial charge on any atom is -0.348 e. The lowest BCUT2D eigenvalue weighted by atomic mass is 10.1. The van der Waals surface area contributed by atoms with Gasteiger partial charge >= 0.3 is 0 Å². The van der Waals surface area contributed by atoms with E-state index in [0.29, 0.717) is 12.1 Å². The van der Waals surface area contributed by atoms with Crippen LogP contribution in [0.1, 0.15) is 0 Å². The molecule has 0 bridgehead atoms. The van der Waals surface area contributed by atoms with Crippen molar-refractivity contribution in [2.75, 3.05) is 6.54 Å². The van der Waals surface area contributed by atoms with Gasteiger partial charge < -0.3 is 5.32 Å². The van der Waals surface area contributed by atoms with Crippen LogP contribution in [0.4, 0.5) is 0 Å². The highest BCUT2D eigenvalue weighted by Crippen LogP contribution is 2.11. The summed E-state index contributed by atoms with van der Waals surface area (Å²) < 4.78 is 0. The Morgan fingerprint density at radius 3 is 2.50 bits per heavy atom. The van der Waals surface area contributed by atoms with Crippen molar-refractivity contribution in [3.8, 4) is 0 Å². The third kappa shape index (κ3) is 0.880. The van der Waals surface area contributed by atoms with Crippen LogP contribution in [-0.2, 0) is 4.79 Å². The second-order valence-corrected chi connectivity index (χ2v) is 2.03. The second kappa shape index (κ2) is 2.52. The summed E-state index contributed by atoms with van der Waals surface area (Å²) in [5, 5.41) is 2.67. The first-order valence-electron chi connectivity index (χ1n) is 3.06. The van der Waals surface area contributed by atoms with E-state index in [-0.39, 0.29) is 5.91 Å². The molecule has 0 unspecified atom stereocenters. The Hall–Kier alpha value is -1.31. The molecular formula is C8H9NO. The summed E-state index contributed by atoms with van der Waals surface area (Å²) in [5.41, 5.74) is 1.58. The average Bonchev–Trinajstić information content (AvgIpc) is 2.30. The molecule has 0 radical (unpaired) electrons. The van der Waals surface area contributed by atoms with Crippen LogP contribution in [0.2, 0.25) is 0 Å². The maximum Gasteiger partial charge on any atom is 0.251 e. The number of rotatable bonds is 2. The summed E-state index contributed by atoms with van der Waals surface area (Å²) in [6.45, 7) is 7.69. The molecule has 0 aliphatic carbocycles.